The van der Waals surface area contributed by atoms with E-state index in [-0.39, 0.29) is 10.8 Å². The van der Waals surface area contributed by atoms with Gasteiger partial charge in [0.25, 0.3) is 0 Å². The van der Waals surface area contributed by atoms with Crippen molar-refractivity contribution in [2.45, 2.75) is 232 Å². The fourth-order valence-corrected chi connectivity index (χ4v) is 19.2. The number of rotatable bonds is 32. The van der Waals surface area contributed by atoms with E-state index in [1.807, 2.05) is 11.3 Å². The maximum absolute atomic E-state index is 6.47. The highest BCUT2D eigenvalue weighted by molar-refractivity contribution is 7.25. The van der Waals surface area contributed by atoms with Crippen molar-refractivity contribution < 1.29 is 4.42 Å². The number of furan rings is 1. The van der Waals surface area contributed by atoms with E-state index in [1.165, 1.54) is 281 Å². The van der Waals surface area contributed by atoms with E-state index in [9.17, 15) is 0 Å². The molecule has 0 aliphatic heterocycles. The van der Waals surface area contributed by atoms with Crippen LogP contribution < -0.4 is 0 Å². The van der Waals surface area contributed by atoms with E-state index in [0.717, 1.165) is 57.6 Å². The lowest BCUT2D eigenvalue weighted by atomic mass is 9.70. The molecule has 2 aliphatic carbocycles. The van der Waals surface area contributed by atoms with E-state index in [4.69, 9.17) is 14.4 Å². The predicted molar refractivity (Wildman–Crippen MR) is 433 cm³/mol. The summed E-state index contributed by atoms with van der Waals surface area (Å²) in [5, 5.41) is 9.98. The molecule has 0 fully saturated rings. The lowest BCUT2D eigenvalue weighted by Gasteiger charge is -2.33. The van der Waals surface area contributed by atoms with Crippen LogP contribution in [-0.2, 0) is 10.8 Å². The van der Waals surface area contributed by atoms with Crippen LogP contribution in [0.3, 0.4) is 0 Å². The molecule has 0 spiro atoms. The Labute approximate surface area is 600 Å². The van der Waals surface area contributed by atoms with Crippen LogP contribution in [0.1, 0.15) is 241 Å². The third-order valence-corrected chi connectivity index (χ3v) is 24.7. The average Bonchev–Trinajstić information content (AvgIpc) is 1.56. The van der Waals surface area contributed by atoms with Gasteiger partial charge in [-0.1, -0.05) is 296 Å². The fraction of sp³-hybridized carbons (Fsp3) is 0.375. The largest absolute Gasteiger partial charge is 0.456 e. The summed E-state index contributed by atoms with van der Waals surface area (Å²) in [5.41, 5.74) is 24.0. The zero-order valence-electron chi connectivity index (χ0n) is 60.8. The molecule has 0 N–H and O–H groups in total. The minimum Gasteiger partial charge on any atom is -0.456 e. The summed E-state index contributed by atoms with van der Waals surface area (Å²) in [6, 6.07) is 71.3. The number of aromatic nitrogens is 2. The van der Waals surface area contributed by atoms with Crippen LogP contribution >= 0.6 is 11.3 Å². The summed E-state index contributed by atoms with van der Waals surface area (Å²) < 4.78 is 8.95. The minimum absolute atomic E-state index is 0.0652. The summed E-state index contributed by atoms with van der Waals surface area (Å²) in [5.74, 6) is 0.769. The van der Waals surface area contributed by atoms with Gasteiger partial charge in [0.15, 0.2) is 5.82 Å². The van der Waals surface area contributed by atoms with Gasteiger partial charge in [0.05, 0.1) is 11.4 Å². The van der Waals surface area contributed by atoms with Crippen molar-refractivity contribution in [3.8, 4) is 67.3 Å². The van der Waals surface area contributed by atoms with Crippen molar-refractivity contribution >= 4 is 75.0 Å². The summed E-state index contributed by atoms with van der Waals surface area (Å²) in [4.78, 5) is 11.7. The molecular formula is C96H104N2OS. The number of fused-ring (bicyclic) bond motifs is 14. The molecule has 0 saturated carbocycles. The van der Waals surface area contributed by atoms with E-state index in [2.05, 4.69) is 224 Å². The fourth-order valence-electron chi connectivity index (χ4n) is 18.1. The first-order valence-electron chi connectivity index (χ1n) is 39.3. The predicted octanol–water partition coefficient (Wildman–Crippen LogP) is 29.9. The lowest BCUT2D eigenvalue weighted by molar-refractivity contribution is 0.398. The zero-order chi connectivity index (χ0) is 68.2. The Hall–Kier alpha value is -8.18. The Morgan fingerprint density at radius 1 is 0.300 bits per heavy atom. The Morgan fingerprint density at radius 3 is 1.30 bits per heavy atom. The molecule has 0 unspecified atom stereocenters. The van der Waals surface area contributed by atoms with Crippen molar-refractivity contribution in [3.05, 3.63) is 215 Å². The van der Waals surface area contributed by atoms with E-state index >= 15 is 0 Å². The molecule has 15 rings (SSSR count). The van der Waals surface area contributed by atoms with Gasteiger partial charge < -0.3 is 4.42 Å². The molecule has 0 atom stereocenters. The quantitative estimate of drug-likeness (QED) is 0.0312. The molecule has 0 saturated heterocycles. The molecular weight excluding hydrogens is 1230 g/mol. The molecule has 510 valence electrons. The van der Waals surface area contributed by atoms with Crippen molar-refractivity contribution in [3.63, 3.8) is 0 Å². The third kappa shape index (κ3) is 13.4. The summed E-state index contributed by atoms with van der Waals surface area (Å²) in [6.07, 6.45) is 35.5. The first-order chi connectivity index (χ1) is 49.1. The van der Waals surface area contributed by atoms with Crippen LogP contribution in [0.2, 0.25) is 0 Å². The van der Waals surface area contributed by atoms with Crippen LogP contribution in [0, 0.1) is 13.8 Å². The number of para-hydroxylation sites is 1. The van der Waals surface area contributed by atoms with Gasteiger partial charge in [-0.2, -0.15) is 0 Å². The first kappa shape index (κ1) is 67.6. The normalized spacial score (nSPS) is 13.6. The SMILES string of the molecule is CCCCCCCCC1(CCCCCCCC)c2cc(C)ccc2-c2ccc(-c3cc(-c4ccc5c(c4)C(CCCCCCCC)(CCCCCCCC)c4cc(-c6ccc7cc8cc(C)ccc8cc7c6)ccc4-5)nc(-c4ccc5sc6cc7oc8ccccc8c7cc6c5c4)n3)cc21. The molecule has 2 aliphatic rings. The minimum atomic E-state index is -0.157. The van der Waals surface area contributed by atoms with Gasteiger partial charge in [0.1, 0.15) is 11.2 Å². The topological polar surface area (TPSA) is 38.9 Å². The smallest absolute Gasteiger partial charge is 0.160 e. The van der Waals surface area contributed by atoms with Gasteiger partial charge >= 0.3 is 0 Å². The third-order valence-electron chi connectivity index (χ3n) is 23.5. The number of nitrogens with zero attached hydrogens (tertiary/aromatic N) is 2. The number of hydrogen-bond acceptors (Lipinski definition) is 4. The van der Waals surface area contributed by atoms with Crippen LogP contribution in [0.25, 0.3) is 131 Å². The lowest BCUT2D eigenvalue weighted by Crippen LogP contribution is -2.26. The van der Waals surface area contributed by atoms with Gasteiger partial charge in [-0.25, -0.2) is 9.97 Å². The molecule has 0 radical (unpaired) electrons. The van der Waals surface area contributed by atoms with Gasteiger partial charge in [-0.15, -0.1) is 11.3 Å². The van der Waals surface area contributed by atoms with Crippen molar-refractivity contribution in [1.82, 2.24) is 9.97 Å². The maximum atomic E-state index is 6.47. The van der Waals surface area contributed by atoms with E-state index < -0.39 is 0 Å². The van der Waals surface area contributed by atoms with Crippen LogP contribution in [0.5, 0.6) is 0 Å². The van der Waals surface area contributed by atoms with Gasteiger partial charge in [0.2, 0.25) is 0 Å². The second kappa shape index (κ2) is 30.2. The van der Waals surface area contributed by atoms with Crippen molar-refractivity contribution in [2.75, 3.05) is 0 Å². The summed E-state index contributed by atoms with van der Waals surface area (Å²) in [7, 11) is 0. The molecule has 0 bridgehead atoms. The maximum Gasteiger partial charge on any atom is 0.160 e. The molecule has 4 heteroatoms. The van der Waals surface area contributed by atoms with Crippen LogP contribution in [0.15, 0.2) is 186 Å². The molecule has 3 aromatic heterocycles. The van der Waals surface area contributed by atoms with E-state index in [0.29, 0.717) is 0 Å². The van der Waals surface area contributed by atoms with Gasteiger partial charge in [-0.05, 0) is 196 Å². The molecule has 3 heterocycles. The van der Waals surface area contributed by atoms with Gasteiger partial charge in [0, 0.05) is 58.5 Å². The molecule has 13 aromatic rings. The second-order valence-electron chi connectivity index (χ2n) is 30.5. The van der Waals surface area contributed by atoms with Gasteiger partial charge in [-0.3, -0.25) is 0 Å². The molecule has 0 amide bonds. The Balaban J connectivity index is 0.889. The number of benzene rings is 10. The Morgan fingerprint density at radius 2 is 0.730 bits per heavy atom. The highest BCUT2D eigenvalue weighted by atomic mass is 32.1. The first-order valence-corrected chi connectivity index (χ1v) is 40.2. The standard InChI is InChI=1S/C96H104N2OS/c1-7-11-15-19-23-29-49-95(50-30-24-20-16-12-8-2)84-54-66(6)36-44-76(84)78-46-41-71(60-86(78)95)88-63-89(98-94(97-88)73-43-48-92-82(58-73)83-62-81-80-33-27-28-34-90(80)99-91(81)64-93(83)100-92)72-42-47-79-77-45-40-70(67-38-39-69-56-74-53-65(5)35-37-68(74)57-75(69)55-67)59-85(77)96(87(79)61-72,51-31-25-21-17-13-9-3)52-32-26-22-18-14-10-4/h27-28,33-48,53-64H,7-26,29-32,49-52H2,1-6H3. The van der Waals surface area contributed by atoms with Crippen LogP contribution in [0.4, 0.5) is 0 Å². The highest BCUT2D eigenvalue weighted by Crippen LogP contribution is 2.58. The highest BCUT2D eigenvalue weighted by Gasteiger charge is 2.44. The summed E-state index contributed by atoms with van der Waals surface area (Å²) in [6.45, 7) is 13.9. The summed E-state index contributed by atoms with van der Waals surface area (Å²) >= 11 is 1.84. The number of thiophene rings is 1. The Kier molecular flexibility index (Phi) is 20.4. The van der Waals surface area contributed by atoms with E-state index in [1.54, 1.807) is 5.56 Å². The Bertz CT molecular complexity index is 5060. The van der Waals surface area contributed by atoms with Crippen molar-refractivity contribution in [2.24, 2.45) is 0 Å². The molecule has 3 nitrogen and oxygen atoms in total. The molecule has 100 heavy (non-hydrogen) atoms. The monoisotopic (exact) mass is 1330 g/mol. The number of aryl methyl sites for hydroxylation is 2. The number of hydrogen-bond donors (Lipinski definition) is 0. The zero-order valence-corrected chi connectivity index (χ0v) is 61.6. The van der Waals surface area contributed by atoms with Crippen molar-refractivity contribution in [1.29, 1.82) is 0 Å². The number of unbranched alkanes of at least 4 members (excludes halogenated alkanes) is 20. The van der Waals surface area contributed by atoms with Crippen LogP contribution in [-0.4, -0.2) is 9.97 Å². The average molecular weight is 1330 g/mol. The molecule has 10 aromatic carbocycles. The second-order valence-corrected chi connectivity index (χ2v) is 31.6.